The first-order chi connectivity index (χ1) is 11.7. The molecule has 2 aromatic carbocycles. The Labute approximate surface area is 149 Å². The average Bonchev–Trinajstić information content (AvgIpc) is 2.54. The summed E-state index contributed by atoms with van der Waals surface area (Å²) in [6, 6.07) is 15.3. The first kappa shape index (κ1) is 18.7. The number of nitrogens with one attached hydrogen (secondary N) is 2. The summed E-state index contributed by atoms with van der Waals surface area (Å²) in [5, 5.41) is 5.78. The number of hydrogen-bond donors (Lipinski definition) is 2. The van der Waals surface area contributed by atoms with Gasteiger partial charge in [-0.3, -0.25) is 9.59 Å². The zero-order valence-electron chi connectivity index (χ0n) is 15.5. The van der Waals surface area contributed by atoms with Gasteiger partial charge >= 0.3 is 0 Å². The zero-order chi connectivity index (χ0) is 18.6. The molecule has 1 unspecified atom stereocenters. The Balaban J connectivity index is 2.08. The molecule has 0 heterocycles. The van der Waals surface area contributed by atoms with Crippen molar-refractivity contribution < 1.29 is 9.59 Å². The van der Waals surface area contributed by atoms with Crippen molar-refractivity contribution in [3.05, 3.63) is 65.2 Å². The van der Waals surface area contributed by atoms with Crippen LogP contribution in [-0.4, -0.2) is 11.8 Å². The molecule has 132 valence electrons. The van der Waals surface area contributed by atoms with Crippen molar-refractivity contribution in [2.75, 3.05) is 5.32 Å². The Morgan fingerprint density at radius 3 is 2.04 bits per heavy atom. The van der Waals surface area contributed by atoms with Gasteiger partial charge in [-0.25, -0.2) is 0 Å². The van der Waals surface area contributed by atoms with Crippen LogP contribution in [0.4, 0.5) is 5.69 Å². The molecule has 0 aliphatic rings. The van der Waals surface area contributed by atoms with Gasteiger partial charge in [0.2, 0.25) is 11.8 Å². The molecule has 0 saturated carbocycles. The molecule has 0 bridgehead atoms. The van der Waals surface area contributed by atoms with Gasteiger partial charge in [-0.2, -0.15) is 0 Å². The van der Waals surface area contributed by atoms with Crippen LogP contribution in [0.25, 0.3) is 0 Å². The normalized spacial score (nSPS) is 12.4. The Kier molecular flexibility index (Phi) is 5.62. The van der Waals surface area contributed by atoms with E-state index in [1.165, 1.54) is 0 Å². The molecule has 2 N–H and O–H groups in total. The number of carbonyl (C=O) groups excluding carboxylic acids is 2. The maximum absolute atomic E-state index is 12.6. The fraction of sp³-hybridized carbons (Fsp3) is 0.333. The van der Waals surface area contributed by atoms with Crippen molar-refractivity contribution >= 4 is 17.5 Å². The first-order valence-electron chi connectivity index (χ1n) is 8.46. The third-order valence-corrected chi connectivity index (χ3v) is 4.26. The molecule has 0 radical (unpaired) electrons. The van der Waals surface area contributed by atoms with Crippen LogP contribution >= 0.6 is 0 Å². The largest absolute Gasteiger partial charge is 0.349 e. The molecule has 2 rings (SSSR count). The summed E-state index contributed by atoms with van der Waals surface area (Å²) in [5.41, 5.74) is 2.66. The lowest BCUT2D eigenvalue weighted by Gasteiger charge is -2.25. The highest BCUT2D eigenvalue weighted by Gasteiger charge is 2.36. The highest BCUT2D eigenvalue weighted by atomic mass is 16.2. The van der Waals surface area contributed by atoms with Crippen LogP contribution in [0.1, 0.15) is 43.5 Å². The maximum atomic E-state index is 12.6. The molecule has 0 aliphatic carbocycles. The second-order valence-corrected chi connectivity index (χ2v) is 7.06. The van der Waals surface area contributed by atoms with E-state index in [4.69, 9.17) is 0 Å². The van der Waals surface area contributed by atoms with Crippen molar-refractivity contribution in [2.24, 2.45) is 5.41 Å². The smallest absolute Gasteiger partial charge is 0.239 e. The Morgan fingerprint density at radius 1 is 0.920 bits per heavy atom. The lowest BCUT2D eigenvalue weighted by molar-refractivity contribution is -0.138. The molecule has 0 fully saturated rings. The van der Waals surface area contributed by atoms with E-state index in [2.05, 4.69) is 10.6 Å². The van der Waals surface area contributed by atoms with Crippen LogP contribution in [0.5, 0.6) is 0 Å². The molecule has 0 spiro atoms. The van der Waals surface area contributed by atoms with Gasteiger partial charge in [0.05, 0.1) is 6.04 Å². The molecule has 0 saturated heterocycles. The lowest BCUT2D eigenvalue weighted by Crippen LogP contribution is -2.45. The van der Waals surface area contributed by atoms with Crippen molar-refractivity contribution in [1.82, 2.24) is 5.32 Å². The molecular weight excluding hydrogens is 312 g/mol. The minimum absolute atomic E-state index is 0.165. The molecule has 2 amide bonds. The summed E-state index contributed by atoms with van der Waals surface area (Å²) in [5.74, 6) is -0.624. The Morgan fingerprint density at radius 2 is 1.48 bits per heavy atom. The third kappa shape index (κ3) is 4.69. The van der Waals surface area contributed by atoms with Crippen molar-refractivity contribution in [3.63, 3.8) is 0 Å². The van der Waals surface area contributed by atoms with E-state index in [1.54, 1.807) is 13.8 Å². The van der Waals surface area contributed by atoms with E-state index in [9.17, 15) is 9.59 Å². The number of aryl methyl sites for hydroxylation is 2. The van der Waals surface area contributed by atoms with Crippen molar-refractivity contribution in [2.45, 2.75) is 40.7 Å². The molecule has 4 heteroatoms. The highest BCUT2D eigenvalue weighted by molar-refractivity contribution is 6.10. The summed E-state index contributed by atoms with van der Waals surface area (Å²) in [6.45, 7) is 9.13. The average molecular weight is 338 g/mol. The lowest BCUT2D eigenvalue weighted by atomic mass is 9.90. The van der Waals surface area contributed by atoms with Crippen LogP contribution in [-0.2, 0) is 9.59 Å². The third-order valence-electron chi connectivity index (χ3n) is 4.26. The summed E-state index contributed by atoms with van der Waals surface area (Å²) in [4.78, 5) is 25.3. The first-order valence-corrected chi connectivity index (χ1v) is 8.46. The number of rotatable bonds is 5. The van der Waals surface area contributed by atoms with E-state index in [0.29, 0.717) is 5.69 Å². The topological polar surface area (TPSA) is 58.2 Å². The van der Waals surface area contributed by atoms with Crippen molar-refractivity contribution in [3.8, 4) is 0 Å². The van der Waals surface area contributed by atoms with Gasteiger partial charge < -0.3 is 10.6 Å². The molecule has 2 aromatic rings. The Hall–Kier alpha value is -2.62. The van der Waals surface area contributed by atoms with Crippen LogP contribution < -0.4 is 10.6 Å². The quantitative estimate of drug-likeness (QED) is 0.805. The van der Waals surface area contributed by atoms with Crippen LogP contribution in [0.15, 0.2) is 48.5 Å². The predicted octanol–water partition coefficient (Wildman–Crippen LogP) is 4.15. The highest BCUT2D eigenvalue weighted by Crippen LogP contribution is 2.22. The summed E-state index contributed by atoms with van der Waals surface area (Å²) < 4.78 is 0. The number of benzene rings is 2. The number of anilines is 1. The minimum Gasteiger partial charge on any atom is -0.349 e. The zero-order valence-corrected chi connectivity index (χ0v) is 15.5. The van der Waals surface area contributed by atoms with Crippen LogP contribution in [0, 0.1) is 19.3 Å². The summed E-state index contributed by atoms with van der Waals surface area (Å²) in [6.07, 6.45) is 0. The van der Waals surface area contributed by atoms with E-state index >= 15 is 0 Å². The Bertz CT molecular complexity index is 746. The minimum atomic E-state index is -1.18. The monoisotopic (exact) mass is 338 g/mol. The second-order valence-electron chi connectivity index (χ2n) is 7.06. The number of carbonyl (C=O) groups is 2. The SMILES string of the molecule is Cc1cc(C)cc(NC(=O)C(C)(C)C(=O)NC(C)c2ccccc2)c1. The molecule has 0 aromatic heterocycles. The van der Waals surface area contributed by atoms with Gasteiger partial charge in [0.1, 0.15) is 5.41 Å². The van der Waals surface area contributed by atoms with Crippen molar-refractivity contribution in [1.29, 1.82) is 0 Å². The van der Waals surface area contributed by atoms with Gasteiger partial charge in [-0.15, -0.1) is 0 Å². The summed E-state index contributed by atoms with van der Waals surface area (Å²) in [7, 11) is 0. The van der Waals surface area contributed by atoms with Gasteiger partial charge in [0.25, 0.3) is 0 Å². The van der Waals surface area contributed by atoms with Gasteiger partial charge in [-0.1, -0.05) is 36.4 Å². The number of amides is 2. The van der Waals surface area contributed by atoms with Crippen LogP contribution in [0.2, 0.25) is 0 Å². The molecule has 0 aliphatic heterocycles. The van der Waals surface area contributed by atoms with Gasteiger partial charge in [-0.05, 0) is 63.4 Å². The second kappa shape index (κ2) is 7.51. The van der Waals surface area contributed by atoms with E-state index in [1.807, 2.05) is 69.3 Å². The van der Waals surface area contributed by atoms with E-state index < -0.39 is 5.41 Å². The fourth-order valence-electron chi connectivity index (χ4n) is 2.64. The van der Waals surface area contributed by atoms with Crippen LogP contribution in [0.3, 0.4) is 0 Å². The summed E-state index contributed by atoms with van der Waals surface area (Å²) >= 11 is 0. The van der Waals surface area contributed by atoms with Gasteiger partial charge in [0, 0.05) is 5.69 Å². The van der Waals surface area contributed by atoms with Gasteiger partial charge in [0.15, 0.2) is 0 Å². The number of hydrogen-bond acceptors (Lipinski definition) is 2. The molecule has 4 nitrogen and oxygen atoms in total. The molecule has 1 atom stereocenters. The standard InChI is InChI=1S/C21H26N2O2/c1-14-11-15(2)13-18(12-14)23-20(25)21(4,5)19(24)22-16(3)17-9-7-6-8-10-17/h6-13,16H,1-5H3,(H,22,24)(H,23,25). The van der Waals surface area contributed by atoms with E-state index in [-0.39, 0.29) is 17.9 Å². The fourth-order valence-corrected chi connectivity index (χ4v) is 2.64. The molecule has 25 heavy (non-hydrogen) atoms. The van der Waals surface area contributed by atoms with E-state index in [0.717, 1.165) is 16.7 Å². The predicted molar refractivity (Wildman–Crippen MR) is 101 cm³/mol. The maximum Gasteiger partial charge on any atom is 0.239 e. The molecular formula is C21H26N2O2.